The lowest BCUT2D eigenvalue weighted by molar-refractivity contribution is -0.136. The number of aromatic nitrogens is 2. The molecule has 0 aliphatic heterocycles. The number of imidazole rings is 1. The van der Waals surface area contributed by atoms with E-state index in [1.54, 1.807) is 7.11 Å². The van der Waals surface area contributed by atoms with Gasteiger partial charge in [0, 0.05) is 11.3 Å². The van der Waals surface area contributed by atoms with Gasteiger partial charge < -0.3 is 14.8 Å². The summed E-state index contributed by atoms with van der Waals surface area (Å²) in [6, 6.07) is 7.49. The summed E-state index contributed by atoms with van der Waals surface area (Å²) in [5, 5.41) is 8.73. The van der Waals surface area contributed by atoms with Crippen LogP contribution in [0.3, 0.4) is 0 Å². The monoisotopic (exact) mass is 246 g/mol. The number of carboxylic acids is 1. The number of H-pyrrole nitrogens is 1. The van der Waals surface area contributed by atoms with E-state index in [0.29, 0.717) is 5.82 Å². The van der Waals surface area contributed by atoms with Crippen molar-refractivity contribution in [2.75, 3.05) is 7.11 Å². The summed E-state index contributed by atoms with van der Waals surface area (Å²) in [5.41, 5.74) is 2.56. The molecule has 5 nitrogen and oxygen atoms in total. The van der Waals surface area contributed by atoms with Gasteiger partial charge in [0.2, 0.25) is 0 Å². The largest absolute Gasteiger partial charge is 0.497 e. The Morgan fingerprint density at radius 1 is 1.39 bits per heavy atom. The van der Waals surface area contributed by atoms with Crippen LogP contribution in [0.5, 0.6) is 5.75 Å². The summed E-state index contributed by atoms with van der Waals surface area (Å²) in [7, 11) is 1.61. The number of nitrogens with one attached hydrogen (secondary N) is 1. The molecule has 2 N–H and O–H groups in total. The number of rotatable bonds is 4. The zero-order chi connectivity index (χ0) is 13.1. The van der Waals surface area contributed by atoms with Crippen LogP contribution in [-0.4, -0.2) is 28.2 Å². The number of aryl methyl sites for hydroxylation is 1. The van der Waals surface area contributed by atoms with Crippen LogP contribution in [0.4, 0.5) is 0 Å². The van der Waals surface area contributed by atoms with Crippen molar-refractivity contribution in [3.63, 3.8) is 0 Å². The van der Waals surface area contributed by atoms with E-state index in [4.69, 9.17) is 9.84 Å². The molecule has 2 aromatic rings. The quantitative estimate of drug-likeness (QED) is 0.865. The number of ether oxygens (including phenoxy) is 1. The molecule has 94 valence electrons. The predicted octanol–water partition coefficient (Wildman–Crippen LogP) is 2.02. The molecule has 18 heavy (non-hydrogen) atoms. The highest BCUT2D eigenvalue weighted by Gasteiger charge is 2.11. The SMILES string of the molecule is COc1ccc(-c2nc(CC(=O)O)[nH]c2C)cc1. The first-order valence-electron chi connectivity index (χ1n) is 5.52. The molecule has 0 saturated heterocycles. The molecule has 0 fully saturated rings. The molecule has 1 aromatic carbocycles. The lowest BCUT2D eigenvalue weighted by Gasteiger charge is -2.01. The van der Waals surface area contributed by atoms with Crippen molar-refractivity contribution >= 4 is 5.97 Å². The second-order valence-corrected chi connectivity index (χ2v) is 3.96. The Morgan fingerprint density at radius 3 is 2.61 bits per heavy atom. The lowest BCUT2D eigenvalue weighted by Crippen LogP contribution is -2.01. The fraction of sp³-hybridized carbons (Fsp3) is 0.231. The van der Waals surface area contributed by atoms with Crippen molar-refractivity contribution in [3.8, 4) is 17.0 Å². The molecule has 0 aliphatic rings. The molecule has 0 amide bonds. The molecular weight excluding hydrogens is 232 g/mol. The van der Waals surface area contributed by atoms with Crippen LogP contribution in [0.25, 0.3) is 11.3 Å². The van der Waals surface area contributed by atoms with E-state index in [1.165, 1.54) is 0 Å². The van der Waals surface area contributed by atoms with Crippen molar-refractivity contribution in [1.29, 1.82) is 0 Å². The van der Waals surface area contributed by atoms with Gasteiger partial charge >= 0.3 is 5.97 Å². The van der Waals surface area contributed by atoms with E-state index in [0.717, 1.165) is 22.7 Å². The van der Waals surface area contributed by atoms with Crippen LogP contribution in [0.15, 0.2) is 24.3 Å². The van der Waals surface area contributed by atoms with Gasteiger partial charge in [0.1, 0.15) is 18.0 Å². The van der Waals surface area contributed by atoms with E-state index in [1.807, 2.05) is 31.2 Å². The zero-order valence-corrected chi connectivity index (χ0v) is 10.2. The molecule has 0 radical (unpaired) electrons. The van der Waals surface area contributed by atoms with Crippen LogP contribution < -0.4 is 4.74 Å². The number of carbonyl (C=O) groups is 1. The first kappa shape index (κ1) is 12.2. The normalized spacial score (nSPS) is 10.3. The van der Waals surface area contributed by atoms with Crippen LogP contribution in [0, 0.1) is 6.92 Å². The maximum atomic E-state index is 10.6. The van der Waals surface area contributed by atoms with Crippen LogP contribution >= 0.6 is 0 Å². The van der Waals surface area contributed by atoms with Crippen LogP contribution in [0.1, 0.15) is 11.5 Å². The number of methoxy groups -OCH3 is 1. The second-order valence-electron chi connectivity index (χ2n) is 3.96. The molecule has 0 atom stereocenters. The summed E-state index contributed by atoms with van der Waals surface area (Å²) in [6.07, 6.45) is -0.100. The first-order chi connectivity index (χ1) is 8.60. The highest BCUT2D eigenvalue weighted by atomic mass is 16.5. The number of nitrogens with zero attached hydrogens (tertiary/aromatic N) is 1. The molecule has 2 rings (SSSR count). The molecule has 5 heteroatoms. The van der Waals surface area contributed by atoms with Gasteiger partial charge in [-0.15, -0.1) is 0 Å². The molecule has 1 heterocycles. The third kappa shape index (κ3) is 2.51. The minimum atomic E-state index is -0.898. The first-order valence-corrected chi connectivity index (χ1v) is 5.52. The summed E-state index contributed by atoms with van der Waals surface area (Å²) in [5.74, 6) is 0.341. The zero-order valence-electron chi connectivity index (χ0n) is 10.2. The number of carboxylic acid groups (broad SMARTS) is 1. The highest BCUT2D eigenvalue weighted by molar-refractivity contribution is 5.70. The summed E-state index contributed by atoms with van der Waals surface area (Å²) in [6.45, 7) is 1.87. The number of hydrogen-bond acceptors (Lipinski definition) is 3. The highest BCUT2D eigenvalue weighted by Crippen LogP contribution is 2.23. The van der Waals surface area contributed by atoms with Gasteiger partial charge in [-0.1, -0.05) is 0 Å². The van der Waals surface area contributed by atoms with Crippen molar-refractivity contribution < 1.29 is 14.6 Å². The maximum Gasteiger partial charge on any atom is 0.311 e. The molecular formula is C13H14N2O3. The van der Waals surface area contributed by atoms with Crippen LogP contribution in [0.2, 0.25) is 0 Å². The summed E-state index contributed by atoms with van der Waals surface area (Å²) >= 11 is 0. The standard InChI is InChI=1S/C13H14N2O3/c1-8-13(15-11(14-8)7-12(16)17)9-3-5-10(18-2)6-4-9/h3-6H,7H2,1-2H3,(H,14,15)(H,16,17). The summed E-state index contributed by atoms with van der Waals surface area (Å²) < 4.78 is 5.09. The Morgan fingerprint density at radius 2 is 2.06 bits per heavy atom. The molecule has 0 unspecified atom stereocenters. The van der Waals surface area contributed by atoms with Gasteiger partial charge in [-0.3, -0.25) is 4.79 Å². The van der Waals surface area contributed by atoms with Crippen molar-refractivity contribution in [3.05, 3.63) is 35.8 Å². The molecule has 0 aliphatic carbocycles. The molecule has 0 bridgehead atoms. The van der Waals surface area contributed by atoms with Crippen molar-refractivity contribution in [2.24, 2.45) is 0 Å². The average molecular weight is 246 g/mol. The number of benzene rings is 1. The number of aliphatic carboxylic acids is 1. The maximum absolute atomic E-state index is 10.6. The van der Waals surface area contributed by atoms with E-state index < -0.39 is 5.97 Å². The fourth-order valence-electron chi connectivity index (χ4n) is 1.78. The minimum absolute atomic E-state index is 0.100. The topological polar surface area (TPSA) is 75.2 Å². The van der Waals surface area contributed by atoms with E-state index in [-0.39, 0.29) is 6.42 Å². The third-order valence-corrected chi connectivity index (χ3v) is 2.62. The number of aromatic amines is 1. The fourth-order valence-corrected chi connectivity index (χ4v) is 1.78. The predicted molar refractivity (Wildman–Crippen MR) is 66.7 cm³/mol. The second kappa shape index (κ2) is 4.91. The third-order valence-electron chi connectivity index (χ3n) is 2.62. The Bertz CT molecular complexity index is 558. The van der Waals surface area contributed by atoms with Crippen LogP contribution in [-0.2, 0) is 11.2 Å². The van der Waals surface area contributed by atoms with Crippen molar-refractivity contribution in [1.82, 2.24) is 9.97 Å². The minimum Gasteiger partial charge on any atom is -0.497 e. The Hall–Kier alpha value is -2.30. The Labute approximate surface area is 104 Å². The van der Waals surface area contributed by atoms with E-state index in [2.05, 4.69) is 9.97 Å². The van der Waals surface area contributed by atoms with E-state index in [9.17, 15) is 4.79 Å². The van der Waals surface area contributed by atoms with Gasteiger partial charge in [0.05, 0.1) is 12.8 Å². The average Bonchev–Trinajstić information content (AvgIpc) is 2.69. The van der Waals surface area contributed by atoms with Gasteiger partial charge in [0.15, 0.2) is 0 Å². The Balaban J connectivity index is 2.31. The van der Waals surface area contributed by atoms with Gasteiger partial charge in [-0.2, -0.15) is 0 Å². The molecule has 0 saturated carbocycles. The smallest absolute Gasteiger partial charge is 0.311 e. The summed E-state index contributed by atoms with van der Waals surface area (Å²) in [4.78, 5) is 17.9. The van der Waals surface area contributed by atoms with E-state index >= 15 is 0 Å². The molecule has 0 spiro atoms. The lowest BCUT2D eigenvalue weighted by atomic mass is 10.1. The Kier molecular flexibility index (Phi) is 3.32. The van der Waals surface area contributed by atoms with Gasteiger partial charge in [-0.25, -0.2) is 4.98 Å². The van der Waals surface area contributed by atoms with Gasteiger partial charge in [-0.05, 0) is 31.2 Å². The molecule has 1 aromatic heterocycles. The van der Waals surface area contributed by atoms with Gasteiger partial charge in [0.25, 0.3) is 0 Å². The van der Waals surface area contributed by atoms with Crippen molar-refractivity contribution in [2.45, 2.75) is 13.3 Å². The number of hydrogen-bond donors (Lipinski definition) is 2.